The lowest BCUT2D eigenvalue weighted by molar-refractivity contribution is -0.114. The molecule has 0 aliphatic carbocycles. The minimum Gasteiger partial charge on any atom is -0.487 e. The topological polar surface area (TPSA) is 97.0 Å². The number of hydrogen-bond acceptors (Lipinski definition) is 6. The number of halogens is 1. The molecule has 2 aromatic rings. The molecule has 2 N–H and O–H groups in total. The van der Waals surface area contributed by atoms with Crippen LogP contribution in [0.15, 0.2) is 47.4 Å². The molecular weight excluding hydrogens is 454 g/mol. The van der Waals surface area contributed by atoms with Gasteiger partial charge < -0.3 is 20.1 Å². The number of ether oxygens (including phenoxy) is 2. The molecule has 0 spiro atoms. The predicted molar refractivity (Wildman–Crippen MR) is 127 cm³/mol. The van der Waals surface area contributed by atoms with Gasteiger partial charge in [0, 0.05) is 25.4 Å². The van der Waals surface area contributed by atoms with E-state index in [9.17, 15) is 13.2 Å². The van der Waals surface area contributed by atoms with Crippen molar-refractivity contribution in [1.82, 2.24) is 4.31 Å². The molecule has 2 aromatic carbocycles. The molecule has 0 saturated heterocycles. The minimum absolute atomic E-state index is 0.0261. The maximum atomic E-state index is 12.6. The first-order valence-corrected chi connectivity index (χ1v) is 12.3. The van der Waals surface area contributed by atoms with Gasteiger partial charge in [-0.1, -0.05) is 31.5 Å². The molecular formula is C22H30ClN3O5S. The number of carbonyl (C=O) groups is 1. The lowest BCUT2D eigenvalue weighted by atomic mass is 10.3. The van der Waals surface area contributed by atoms with Gasteiger partial charge in [0.15, 0.2) is 5.75 Å². The Hall–Kier alpha value is -2.33. The third-order valence-corrected chi connectivity index (χ3v) is 6.93. The Kier molecular flexibility index (Phi) is 10.2. The number of nitrogens with one attached hydrogen (secondary N) is 2. The fourth-order valence-corrected chi connectivity index (χ4v) is 4.63. The van der Waals surface area contributed by atoms with Crippen molar-refractivity contribution in [3.05, 3.63) is 47.5 Å². The lowest BCUT2D eigenvalue weighted by Gasteiger charge is -2.18. The number of para-hydroxylation sites is 1. The van der Waals surface area contributed by atoms with Crippen LogP contribution in [0.25, 0.3) is 0 Å². The Morgan fingerprint density at radius 2 is 1.72 bits per heavy atom. The monoisotopic (exact) mass is 483 g/mol. The molecule has 0 radical (unpaired) electrons. The average molecular weight is 484 g/mol. The Balaban J connectivity index is 1.97. The summed E-state index contributed by atoms with van der Waals surface area (Å²) in [6, 6.07) is 11.3. The molecule has 32 heavy (non-hydrogen) atoms. The zero-order chi connectivity index (χ0) is 23.6. The number of rotatable bonds is 13. The summed E-state index contributed by atoms with van der Waals surface area (Å²) in [7, 11) is -3.54. The van der Waals surface area contributed by atoms with E-state index in [1.165, 1.54) is 16.4 Å². The molecule has 1 amide bonds. The van der Waals surface area contributed by atoms with Gasteiger partial charge in [0.05, 0.1) is 28.8 Å². The van der Waals surface area contributed by atoms with Crippen LogP contribution in [0.5, 0.6) is 5.75 Å². The molecule has 0 heterocycles. The molecule has 0 bridgehead atoms. The van der Waals surface area contributed by atoms with E-state index >= 15 is 0 Å². The summed E-state index contributed by atoms with van der Waals surface area (Å²) in [5.74, 6) is 0.150. The van der Waals surface area contributed by atoms with Crippen molar-refractivity contribution in [2.24, 2.45) is 0 Å². The van der Waals surface area contributed by atoms with E-state index < -0.39 is 10.0 Å². The third-order valence-electron chi connectivity index (χ3n) is 4.57. The molecule has 0 aliphatic heterocycles. The number of hydrogen-bond donors (Lipinski definition) is 2. The predicted octanol–water partition coefficient (Wildman–Crippen LogP) is 3.84. The average Bonchev–Trinajstić information content (AvgIpc) is 2.77. The van der Waals surface area contributed by atoms with Crippen LogP contribution < -0.4 is 15.4 Å². The first kappa shape index (κ1) is 25.9. The van der Waals surface area contributed by atoms with Crippen LogP contribution in [0.3, 0.4) is 0 Å². The summed E-state index contributed by atoms with van der Waals surface area (Å²) in [5, 5.41) is 6.18. The number of amides is 1. The zero-order valence-corrected chi connectivity index (χ0v) is 20.1. The lowest BCUT2D eigenvalue weighted by Crippen LogP contribution is -2.30. The van der Waals surface area contributed by atoms with Crippen LogP contribution in [-0.2, 0) is 19.6 Å². The van der Waals surface area contributed by atoms with Gasteiger partial charge in [-0.05, 0) is 43.3 Å². The van der Waals surface area contributed by atoms with Gasteiger partial charge in [0.1, 0.15) is 6.61 Å². The van der Waals surface area contributed by atoms with E-state index in [4.69, 9.17) is 21.1 Å². The zero-order valence-electron chi connectivity index (χ0n) is 18.6. The Labute approximate surface area is 194 Å². The second-order valence-electron chi connectivity index (χ2n) is 6.68. The molecule has 0 saturated carbocycles. The van der Waals surface area contributed by atoms with Crippen LogP contribution in [0.4, 0.5) is 11.4 Å². The second-order valence-corrected chi connectivity index (χ2v) is 9.02. The highest BCUT2D eigenvalue weighted by molar-refractivity contribution is 7.89. The van der Waals surface area contributed by atoms with Crippen molar-refractivity contribution in [2.75, 3.05) is 50.1 Å². The summed E-state index contributed by atoms with van der Waals surface area (Å²) < 4.78 is 37.4. The molecule has 0 unspecified atom stereocenters. The fraction of sp³-hybridized carbons (Fsp3) is 0.409. The number of carbonyl (C=O) groups excluding carboxylic acids is 1. The van der Waals surface area contributed by atoms with E-state index in [0.29, 0.717) is 55.1 Å². The van der Waals surface area contributed by atoms with E-state index in [0.717, 1.165) is 0 Å². The minimum atomic E-state index is -3.54. The Morgan fingerprint density at radius 3 is 2.34 bits per heavy atom. The molecule has 0 atom stereocenters. The normalized spacial score (nSPS) is 11.4. The first-order valence-electron chi connectivity index (χ1n) is 10.5. The van der Waals surface area contributed by atoms with Crippen LogP contribution in [-0.4, -0.2) is 58.1 Å². The molecule has 0 fully saturated rings. The smallest absolute Gasteiger partial charge is 0.243 e. The van der Waals surface area contributed by atoms with Crippen molar-refractivity contribution in [1.29, 1.82) is 0 Å². The van der Waals surface area contributed by atoms with Crippen molar-refractivity contribution in [2.45, 2.75) is 25.7 Å². The highest BCUT2D eigenvalue weighted by Crippen LogP contribution is 2.32. The van der Waals surface area contributed by atoms with E-state index in [2.05, 4.69) is 10.6 Å². The Morgan fingerprint density at radius 1 is 1.03 bits per heavy atom. The Bertz CT molecular complexity index is 980. The number of benzene rings is 2. The van der Waals surface area contributed by atoms with Crippen LogP contribution in [0.2, 0.25) is 5.02 Å². The van der Waals surface area contributed by atoms with Crippen molar-refractivity contribution < 1.29 is 22.7 Å². The maximum Gasteiger partial charge on any atom is 0.243 e. The highest BCUT2D eigenvalue weighted by Gasteiger charge is 2.21. The molecule has 10 heteroatoms. The quantitative estimate of drug-likeness (QED) is 0.420. The summed E-state index contributed by atoms with van der Waals surface area (Å²) >= 11 is 6.22. The largest absolute Gasteiger partial charge is 0.487 e. The van der Waals surface area contributed by atoms with Gasteiger partial charge in [0.25, 0.3) is 0 Å². The van der Waals surface area contributed by atoms with Gasteiger partial charge in [0.2, 0.25) is 15.9 Å². The summed E-state index contributed by atoms with van der Waals surface area (Å²) in [4.78, 5) is 12.6. The summed E-state index contributed by atoms with van der Waals surface area (Å²) in [5.41, 5.74) is 1.08. The molecule has 0 aromatic heterocycles. The van der Waals surface area contributed by atoms with Gasteiger partial charge >= 0.3 is 0 Å². The summed E-state index contributed by atoms with van der Waals surface area (Å²) in [6.45, 7) is 7.60. The number of sulfonamides is 1. The van der Waals surface area contributed by atoms with Gasteiger partial charge in [-0.15, -0.1) is 0 Å². The van der Waals surface area contributed by atoms with Crippen molar-refractivity contribution in [3.63, 3.8) is 0 Å². The third kappa shape index (κ3) is 7.09. The van der Waals surface area contributed by atoms with Gasteiger partial charge in [-0.3, -0.25) is 4.79 Å². The standard InChI is InChI=1S/C22H30ClN3O5S/c1-4-26(5-2)32(28,29)18-12-10-17(11-13-18)25-21(27)16-24-20-9-7-8-19(23)22(20)31-15-14-30-6-3/h7-13,24H,4-6,14-16H2,1-3H3,(H,25,27). The maximum absolute atomic E-state index is 12.6. The van der Waals surface area contributed by atoms with E-state index in [1.54, 1.807) is 44.2 Å². The van der Waals surface area contributed by atoms with E-state index in [-0.39, 0.29) is 17.3 Å². The molecule has 0 aliphatic rings. The van der Waals surface area contributed by atoms with Crippen molar-refractivity contribution >= 4 is 38.9 Å². The molecule has 176 valence electrons. The van der Waals surface area contributed by atoms with Crippen molar-refractivity contribution in [3.8, 4) is 5.75 Å². The van der Waals surface area contributed by atoms with E-state index in [1.807, 2.05) is 6.92 Å². The second kappa shape index (κ2) is 12.6. The van der Waals surface area contributed by atoms with Crippen LogP contribution in [0, 0.1) is 0 Å². The molecule has 8 nitrogen and oxygen atoms in total. The molecule has 2 rings (SSSR count). The van der Waals surface area contributed by atoms with Crippen LogP contribution >= 0.6 is 11.6 Å². The van der Waals surface area contributed by atoms with Gasteiger partial charge in [-0.2, -0.15) is 4.31 Å². The number of nitrogens with zero attached hydrogens (tertiary/aromatic N) is 1. The van der Waals surface area contributed by atoms with Crippen LogP contribution in [0.1, 0.15) is 20.8 Å². The SMILES string of the molecule is CCOCCOc1c(Cl)cccc1NCC(=O)Nc1ccc(S(=O)(=O)N(CC)CC)cc1. The fourth-order valence-electron chi connectivity index (χ4n) is 2.95. The summed E-state index contributed by atoms with van der Waals surface area (Å²) in [6.07, 6.45) is 0. The number of anilines is 2. The highest BCUT2D eigenvalue weighted by atomic mass is 35.5. The first-order chi connectivity index (χ1) is 15.3. The van der Waals surface area contributed by atoms with Gasteiger partial charge in [-0.25, -0.2) is 8.42 Å².